The van der Waals surface area contributed by atoms with E-state index in [1.807, 2.05) is 11.3 Å². The normalized spacial score (nSPS) is 19.8. The van der Waals surface area contributed by atoms with Crippen LogP contribution in [-0.4, -0.2) is 41.2 Å². The molecule has 0 bridgehead atoms. The van der Waals surface area contributed by atoms with Crippen molar-refractivity contribution >= 4 is 21.6 Å². The topological polar surface area (TPSA) is 47.5 Å². The smallest absolute Gasteiger partial charge is 0.231 e. The van der Waals surface area contributed by atoms with E-state index in [1.165, 1.54) is 22.4 Å². The number of ether oxygens (including phenoxy) is 2. The summed E-state index contributed by atoms with van der Waals surface area (Å²) < 4.78 is 12.0. The predicted molar refractivity (Wildman–Crippen MR) is 121 cm³/mol. The van der Waals surface area contributed by atoms with Crippen molar-refractivity contribution < 1.29 is 9.47 Å². The van der Waals surface area contributed by atoms with Gasteiger partial charge in [-0.3, -0.25) is 4.90 Å². The van der Waals surface area contributed by atoms with Crippen molar-refractivity contribution in [2.75, 3.05) is 26.3 Å². The van der Waals surface area contributed by atoms with E-state index in [1.54, 1.807) is 0 Å². The third kappa shape index (κ3) is 3.96. The molecule has 0 saturated carbocycles. The summed E-state index contributed by atoms with van der Waals surface area (Å²) in [5.41, 5.74) is 3.72. The first-order valence-electron chi connectivity index (χ1n) is 10.9. The molecule has 1 aliphatic carbocycles. The molecule has 1 aromatic carbocycles. The van der Waals surface area contributed by atoms with Gasteiger partial charge >= 0.3 is 0 Å². The van der Waals surface area contributed by atoms with E-state index in [-0.39, 0.29) is 0 Å². The molecule has 6 heteroatoms. The molecular formula is C24H29N3O2S. The summed E-state index contributed by atoms with van der Waals surface area (Å²) in [7, 11) is 0. The molecule has 1 aliphatic heterocycles. The van der Waals surface area contributed by atoms with Gasteiger partial charge in [0.1, 0.15) is 16.4 Å². The Bertz CT molecular complexity index is 1070. The van der Waals surface area contributed by atoms with E-state index < -0.39 is 0 Å². The Morgan fingerprint density at radius 1 is 1.20 bits per heavy atom. The van der Waals surface area contributed by atoms with Crippen LogP contribution in [-0.2, 0) is 24.1 Å². The van der Waals surface area contributed by atoms with Crippen molar-refractivity contribution in [1.29, 1.82) is 0 Å². The Kier molecular flexibility index (Phi) is 5.48. The van der Waals surface area contributed by atoms with Crippen LogP contribution < -0.4 is 4.74 Å². The summed E-state index contributed by atoms with van der Waals surface area (Å²) in [5.74, 6) is 3.19. The number of morpholine rings is 1. The van der Waals surface area contributed by atoms with Crippen LogP contribution in [0, 0.1) is 19.8 Å². The minimum absolute atomic E-state index is 0.726. The van der Waals surface area contributed by atoms with Crippen LogP contribution in [0.25, 0.3) is 10.2 Å². The molecule has 0 N–H and O–H groups in total. The summed E-state index contributed by atoms with van der Waals surface area (Å²) in [6.07, 6.45) is 3.45. The SMILES string of the molecule is Cc1ccc(C)c(Oc2nc(CN3CCOCC3)nc3sc4c(c23)CC[C@@H](C)C4)c1. The summed E-state index contributed by atoms with van der Waals surface area (Å²) in [4.78, 5) is 14.8. The van der Waals surface area contributed by atoms with Crippen LogP contribution in [0.4, 0.5) is 0 Å². The van der Waals surface area contributed by atoms with Crippen LogP contribution in [0.15, 0.2) is 18.2 Å². The van der Waals surface area contributed by atoms with Crippen LogP contribution in [0.2, 0.25) is 0 Å². The van der Waals surface area contributed by atoms with Gasteiger partial charge in [-0.25, -0.2) is 4.98 Å². The predicted octanol–water partition coefficient (Wildman–Crippen LogP) is 5.06. The Balaban J connectivity index is 1.58. The highest BCUT2D eigenvalue weighted by Gasteiger charge is 2.25. The number of rotatable bonds is 4. The first-order chi connectivity index (χ1) is 14.6. The van der Waals surface area contributed by atoms with Crippen LogP contribution in [0.5, 0.6) is 11.6 Å². The maximum absolute atomic E-state index is 6.50. The van der Waals surface area contributed by atoms with Crippen molar-refractivity contribution in [3.63, 3.8) is 0 Å². The maximum Gasteiger partial charge on any atom is 0.231 e. The Morgan fingerprint density at radius 2 is 2.03 bits per heavy atom. The Morgan fingerprint density at radius 3 is 2.87 bits per heavy atom. The van der Waals surface area contributed by atoms with E-state index in [2.05, 4.69) is 43.9 Å². The molecule has 30 heavy (non-hydrogen) atoms. The lowest BCUT2D eigenvalue weighted by atomic mass is 9.89. The zero-order valence-corrected chi connectivity index (χ0v) is 18.8. The fraction of sp³-hybridized carbons (Fsp3) is 0.500. The average Bonchev–Trinajstić information content (AvgIpc) is 3.09. The van der Waals surface area contributed by atoms with Crippen molar-refractivity contribution in [2.45, 2.75) is 46.6 Å². The number of aromatic nitrogens is 2. The fourth-order valence-corrected chi connectivity index (χ4v) is 5.77. The molecule has 0 radical (unpaired) electrons. The van der Waals surface area contributed by atoms with Gasteiger partial charge in [-0.1, -0.05) is 19.1 Å². The number of fused-ring (bicyclic) bond motifs is 3. The van der Waals surface area contributed by atoms with Gasteiger partial charge in [0.05, 0.1) is 25.1 Å². The lowest BCUT2D eigenvalue weighted by molar-refractivity contribution is 0.0330. The van der Waals surface area contributed by atoms with Gasteiger partial charge in [0, 0.05) is 18.0 Å². The molecule has 5 rings (SSSR count). The van der Waals surface area contributed by atoms with E-state index in [0.717, 1.165) is 84.8 Å². The minimum Gasteiger partial charge on any atom is -0.438 e. The zero-order valence-electron chi connectivity index (χ0n) is 18.0. The third-order valence-electron chi connectivity index (χ3n) is 6.19. The minimum atomic E-state index is 0.726. The molecule has 0 amide bonds. The number of benzene rings is 1. The molecule has 2 aromatic heterocycles. The molecule has 0 unspecified atom stereocenters. The van der Waals surface area contributed by atoms with Gasteiger partial charge in [0.25, 0.3) is 0 Å². The molecular weight excluding hydrogens is 394 g/mol. The number of aryl methyl sites for hydroxylation is 3. The van der Waals surface area contributed by atoms with Gasteiger partial charge in [-0.05, 0) is 61.8 Å². The fourth-order valence-electron chi connectivity index (χ4n) is 4.38. The number of hydrogen-bond acceptors (Lipinski definition) is 6. The van der Waals surface area contributed by atoms with Gasteiger partial charge in [-0.15, -0.1) is 11.3 Å². The molecule has 158 valence electrons. The quantitative estimate of drug-likeness (QED) is 0.587. The largest absolute Gasteiger partial charge is 0.438 e. The highest BCUT2D eigenvalue weighted by molar-refractivity contribution is 7.18. The van der Waals surface area contributed by atoms with Crippen LogP contribution in [0.3, 0.4) is 0 Å². The Labute approximate surface area is 182 Å². The number of nitrogens with zero attached hydrogens (tertiary/aromatic N) is 3. The Hall–Kier alpha value is -2.02. The van der Waals surface area contributed by atoms with Gasteiger partial charge in [-0.2, -0.15) is 4.98 Å². The number of hydrogen-bond donors (Lipinski definition) is 0. The lowest BCUT2D eigenvalue weighted by Gasteiger charge is -2.25. The van der Waals surface area contributed by atoms with E-state index >= 15 is 0 Å². The molecule has 1 atom stereocenters. The molecule has 0 spiro atoms. The van der Waals surface area contributed by atoms with Crippen molar-refractivity contribution in [3.05, 3.63) is 45.6 Å². The molecule has 1 fully saturated rings. The standard InChI is InChI=1S/C24H29N3O2S/c1-15-4-6-17(3)19(12-15)29-23-22-18-7-5-16(2)13-20(18)30-24(22)26-21(25-23)14-27-8-10-28-11-9-27/h4,6,12,16H,5,7-11,13-14H2,1-3H3/t16-/m1/s1. The van der Waals surface area contributed by atoms with E-state index in [9.17, 15) is 0 Å². The highest BCUT2D eigenvalue weighted by Crippen LogP contribution is 2.42. The second-order valence-electron chi connectivity index (χ2n) is 8.74. The van der Waals surface area contributed by atoms with Gasteiger partial charge in [0.2, 0.25) is 5.88 Å². The van der Waals surface area contributed by atoms with Crippen LogP contribution in [0.1, 0.15) is 40.7 Å². The molecule has 2 aliphatic rings. The monoisotopic (exact) mass is 423 g/mol. The molecule has 3 aromatic rings. The van der Waals surface area contributed by atoms with E-state index in [4.69, 9.17) is 19.4 Å². The molecule has 1 saturated heterocycles. The second-order valence-corrected chi connectivity index (χ2v) is 9.82. The van der Waals surface area contributed by atoms with Gasteiger partial charge in [0.15, 0.2) is 0 Å². The molecule has 5 nitrogen and oxygen atoms in total. The maximum atomic E-state index is 6.50. The first kappa shape index (κ1) is 19.9. The van der Waals surface area contributed by atoms with Gasteiger partial charge < -0.3 is 9.47 Å². The average molecular weight is 424 g/mol. The van der Waals surface area contributed by atoms with Crippen molar-refractivity contribution in [1.82, 2.24) is 14.9 Å². The second kappa shape index (κ2) is 8.25. The first-order valence-corrected chi connectivity index (χ1v) is 11.7. The van der Waals surface area contributed by atoms with Crippen molar-refractivity contribution in [2.24, 2.45) is 5.92 Å². The lowest BCUT2D eigenvalue weighted by Crippen LogP contribution is -2.36. The highest BCUT2D eigenvalue weighted by atomic mass is 32.1. The summed E-state index contributed by atoms with van der Waals surface area (Å²) in [6, 6.07) is 6.34. The number of thiophene rings is 1. The van der Waals surface area contributed by atoms with Crippen molar-refractivity contribution in [3.8, 4) is 11.6 Å². The zero-order chi connectivity index (χ0) is 20.7. The van der Waals surface area contributed by atoms with E-state index in [0.29, 0.717) is 0 Å². The summed E-state index contributed by atoms with van der Waals surface area (Å²) in [5, 5.41) is 1.13. The third-order valence-corrected chi connectivity index (χ3v) is 7.34. The summed E-state index contributed by atoms with van der Waals surface area (Å²) >= 11 is 1.84. The summed E-state index contributed by atoms with van der Waals surface area (Å²) in [6.45, 7) is 10.7. The van der Waals surface area contributed by atoms with Crippen LogP contribution >= 0.6 is 11.3 Å². The molecule has 3 heterocycles.